The van der Waals surface area contributed by atoms with Crippen LogP contribution in [0.25, 0.3) is 0 Å². The molecule has 1 N–H and O–H groups in total. The van der Waals surface area contributed by atoms with E-state index in [1.165, 1.54) is 0 Å². The number of nitrogens with zero attached hydrogens (tertiary/aromatic N) is 1. The van der Waals surface area contributed by atoms with Gasteiger partial charge in [-0.05, 0) is 78.0 Å². The molecule has 0 radical (unpaired) electrons. The molecule has 130 valence electrons. The van der Waals surface area contributed by atoms with Crippen molar-refractivity contribution in [1.29, 1.82) is 0 Å². The SMILES string of the molecule is CCOc1ccc(N2C[C@@H](C(=O)Nc3ccc(I)cc3)CC2=O)cc1. The first-order chi connectivity index (χ1) is 12.1. The van der Waals surface area contributed by atoms with E-state index in [1.54, 1.807) is 4.90 Å². The molecule has 1 saturated heterocycles. The van der Waals surface area contributed by atoms with Gasteiger partial charge < -0.3 is 15.0 Å². The van der Waals surface area contributed by atoms with Crippen LogP contribution in [0.3, 0.4) is 0 Å². The lowest BCUT2D eigenvalue weighted by Gasteiger charge is -2.17. The van der Waals surface area contributed by atoms with Crippen molar-refractivity contribution in [3.05, 3.63) is 52.1 Å². The van der Waals surface area contributed by atoms with Gasteiger partial charge in [-0.3, -0.25) is 9.59 Å². The molecule has 2 amide bonds. The van der Waals surface area contributed by atoms with Crippen LogP contribution in [0, 0.1) is 9.49 Å². The Morgan fingerprint density at radius 2 is 1.88 bits per heavy atom. The van der Waals surface area contributed by atoms with Gasteiger partial charge in [-0.15, -0.1) is 0 Å². The van der Waals surface area contributed by atoms with Gasteiger partial charge in [0.05, 0.1) is 12.5 Å². The zero-order valence-electron chi connectivity index (χ0n) is 13.9. The molecular weight excluding hydrogens is 431 g/mol. The van der Waals surface area contributed by atoms with Gasteiger partial charge in [0.15, 0.2) is 0 Å². The highest BCUT2D eigenvalue weighted by Gasteiger charge is 2.35. The first kappa shape index (κ1) is 17.7. The average Bonchev–Trinajstić information content (AvgIpc) is 3.00. The summed E-state index contributed by atoms with van der Waals surface area (Å²) in [6, 6.07) is 15.0. The number of carbonyl (C=O) groups is 2. The number of rotatable bonds is 5. The maximum absolute atomic E-state index is 12.4. The standard InChI is InChI=1S/C19H19IN2O3/c1-2-25-17-9-7-16(8-10-17)22-12-13(11-18(22)23)19(24)21-15-5-3-14(20)4-6-15/h3-10,13H,2,11-12H2,1H3,(H,21,24)/t13-/m0/s1. The molecular formula is C19H19IN2O3. The van der Waals surface area contributed by atoms with E-state index in [9.17, 15) is 9.59 Å². The van der Waals surface area contributed by atoms with Gasteiger partial charge in [0.2, 0.25) is 11.8 Å². The molecule has 3 rings (SSSR count). The van der Waals surface area contributed by atoms with Gasteiger partial charge in [-0.1, -0.05) is 0 Å². The topological polar surface area (TPSA) is 58.6 Å². The van der Waals surface area contributed by atoms with E-state index in [0.717, 1.165) is 20.7 Å². The molecule has 5 nitrogen and oxygen atoms in total. The number of ether oxygens (including phenoxy) is 1. The zero-order chi connectivity index (χ0) is 17.8. The van der Waals surface area contributed by atoms with E-state index in [-0.39, 0.29) is 24.2 Å². The Balaban J connectivity index is 1.65. The molecule has 0 spiro atoms. The summed E-state index contributed by atoms with van der Waals surface area (Å²) in [5.41, 5.74) is 1.54. The summed E-state index contributed by atoms with van der Waals surface area (Å²) in [4.78, 5) is 26.4. The summed E-state index contributed by atoms with van der Waals surface area (Å²) in [6.07, 6.45) is 0.226. The van der Waals surface area contributed by atoms with Crippen molar-refractivity contribution in [2.45, 2.75) is 13.3 Å². The fourth-order valence-corrected chi connectivity index (χ4v) is 3.16. The van der Waals surface area contributed by atoms with Gasteiger partial charge >= 0.3 is 0 Å². The minimum atomic E-state index is -0.349. The highest BCUT2D eigenvalue weighted by Crippen LogP contribution is 2.27. The van der Waals surface area contributed by atoms with Crippen molar-refractivity contribution >= 4 is 45.8 Å². The third-order valence-electron chi connectivity index (χ3n) is 4.07. The second kappa shape index (κ2) is 7.86. The van der Waals surface area contributed by atoms with Crippen LogP contribution in [0.15, 0.2) is 48.5 Å². The fraction of sp³-hybridized carbons (Fsp3) is 0.263. The third-order valence-corrected chi connectivity index (χ3v) is 4.79. The number of nitrogens with one attached hydrogen (secondary N) is 1. The molecule has 0 saturated carbocycles. The van der Waals surface area contributed by atoms with Crippen LogP contribution in [0.5, 0.6) is 5.75 Å². The molecule has 0 unspecified atom stereocenters. The summed E-state index contributed by atoms with van der Waals surface area (Å²) in [5, 5.41) is 2.89. The number of anilines is 2. The molecule has 0 bridgehead atoms. The van der Waals surface area contributed by atoms with Crippen molar-refractivity contribution in [3.63, 3.8) is 0 Å². The molecule has 2 aromatic carbocycles. The van der Waals surface area contributed by atoms with Crippen LogP contribution in [-0.4, -0.2) is 25.0 Å². The lowest BCUT2D eigenvalue weighted by Crippen LogP contribution is -2.28. The molecule has 1 fully saturated rings. The van der Waals surface area contributed by atoms with Crippen LogP contribution < -0.4 is 15.0 Å². The van der Waals surface area contributed by atoms with Crippen LogP contribution in [-0.2, 0) is 9.59 Å². The van der Waals surface area contributed by atoms with Crippen molar-refractivity contribution in [1.82, 2.24) is 0 Å². The van der Waals surface area contributed by atoms with Gasteiger partial charge in [0.1, 0.15) is 5.75 Å². The number of amides is 2. The minimum absolute atomic E-state index is 0.0353. The Labute approximate surface area is 160 Å². The van der Waals surface area contributed by atoms with E-state index in [2.05, 4.69) is 27.9 Å². The molecule has 1 atom stereocenters. The van der Waals surface area contributed by atoms with Crippen molar-refractivity contribution in [2.24, 2.45) is 5.92 Å². The summed E-state index contributed by atoms with van der Waals surface area (Å²) >= 11 is 2.21. The molecule has 2 aromatic rings. The van der Waals surface area contributed by atoms with Crippen LogP contribution in [0.1, 0.15) is 13.3 Å². The van der Waals surface area contributed by atoms with Crippen LogP contribution >= 0.6 is 22.6 Å². The molecule has 25 heavy (non-hydrogen) atoms. The molecule has 0 aliphatic carbocycles. The normalized spacial score (nSPS) is 16.8. The van der Waals surface area contributed by atoms with Gasteiger partial charge in [0, 0.05) is 27.9 Å². The Morgan fingerprint density at radius 3 is 2.52 bits per heavy atom. The van der Waals surface area contributed by atoms with E-state index in [1.807, 2.05) is 55.5 Å². The maximum Gasteiger partial charge on any atom is 0.229 e. The Bertz CT molecular complexity index is 759. The number of hydrogen-bond donors (Lipinski definition) is 1. The molecule has 0 aromatic heterocycles. The molecule has 1 aliphatic rings. The second-order valence-electron chi connectivity index (χ2n) is 5.83. The summed E-state index contributed by atoms with van der Waals surface area (Å²) in [7, 11) is 0. The molecule has 1 aliphatic heterocycles. The van der Waals surface area contributed by atoms with Crippen LogP contribution in [0.4, 0.5) is 11.4 Å². The van der Waals surface area contributed by atoms with E-state index in [0.29, 0.717) is 13.2 Å². The monoisotopic (exact) mass is 450 g/mol. The Morgan fingerprint density at radius 1 is 1.20 bits per heavy atom. The number of halogens is 1. The smallest absolute Gasteiger partial charge is 0.229 e. The summed E-state index contributed by atoms with van der Waals surface area (Å²) < 4.78 is 6.52. The number of hydrogen-bond acceptors (Lipinski definition) is 3. The first-order valence-electron chi connectivity index (χ1n) is 8.16. The third kappa shape index (κ3) is 4.31. The van der Waals surface area contributed by atoms with Gasteiger partial charge in [-0.25, -0.2) is 0 Å². The lowest BCUT2D eigenvalue weighted by molar-refractivity contribution is -0.122. The van der Waals surface area contributed by atoms with E-state index < -0.39 is 0 Å². The van der Waals surface area contributed by atoms with Gasteiger partial charge in [0.25, 0.3) is 0 Å². The van der Waals surface area contributed by atoms with Crippen molar-refractivity contribution in [2.75, 3.05) is 23.4 Å². The average molecular weight is 450 g/mol. The molecule has 1 heterocycles. The minimum Gasteiger partial charge on any atom is -0.494 e. The van der Waals surface area contributed by atoms with Crippen molar-refractivity contribution < 1.29 is 14.3 Å². The van der Waals surface area contributed by atoms with Crippen molar-refractivity contribution in [3.8, 4) is 5.75 Å². The van der Waals surface area contributed by atoms with E-state index in [4.69, 9.17) is 4.74 Å². The Kier molecular flexibility index (Phi) is 5.57. The fourth-order valence-electron chi connectivity index (χ4n) is 2.80. The maximum atomic E-state index is 12.4. The summed E-state index contributed by atoms with van der Waals surface area (Å²) in [6.45, 7) is 2.92. The lowest BCUT2D eigenvalue weighted by atomic mass is 10.1. The first-order valence-corrected chi connectivity index (χ1v) is 9.24. The molecule has 6 heteroatoms. The Hall–Kier alpha value is -2.09. The quantitative estimate of drug-likeness (QED) is 0.708. The zero-order valence-corrected chi connectivity index (χ0v) is 16.0. The predicted molar refractivity (Wildman–Crippen MR) is 106 cm³/mol. The van der Waals surface area contributed by atoms with E-state index >= 15 is 0 Å². The number of carbonyl (C=O) groups excluding carboxylic acids is 2. The van der Waals surface area contributed by atoms with Crippen LogP contribution in [0.2, 0.25) is 0 Å². The second-order valence-corrected chi connectivity index (χ2v) is 7.07. The predicted octanol–water partition coefficient (Wildman–Crippen LogP) is 3.68. The largest absolute Gasteiger partial charge is 0.494 e. The highest BCUT2D eigenvalue weighted by atomic mass is 127. The number of benzene rings is 2. The highest BCUT2D eigenvalue weighted by molar-refractivity contribution is 14.1. The summed E-state index contributed by atoms with van der Waals surface area (Å²) in [5.74, 6) is 0.263. The van der Waals surface area contributed by atoms with Gasteiger partial charge in [-0.2, -0.15) is 0 Å².